The van der Waals surface area contributed by atoms with Gasteiger partial charge in [-0.15, -0.1) is 0 Å². The molecule has 3 aromatic rings. The largest absolute Gasteiger partial charge is 0.493 e. The van der Waals surface area contributed by atoms with Crippen molar-refractivity contribution >= 4 is 51.0 Å². The average Bonchev–Trinajstić information content (AvgIpc) is 3.52. The lowest BCUT2D eigenvalue weighted by molar-refractivity contribution is -0.136. The van der Waals surface area contributed by atoms with Gasteiger partial charge in [0.15, 0.2) is 0 Å². The van der Waals surface area contributed by atoms with Crippen LogP contribution in [-0.4, -0.2) is 117 Å². The molecule has 2 atom stereocenters. The number of aliphatic imine (C=N–C) groups is 1. The van der Waals surface area contributed by atoms with Gasteiger partial charge >= 0.3 is 6.03 Å². The standard InChI is InChI=1S/C38H46Cl2N6O6S/c1-5-52-32-15-14-30(53(49,50)42-38(2,3)4)24-31(32)36-41-34(26-6-10-28(39)11-7-26)35(27-8-12-29(40)13-9-27)46(36)37(48)45-18-16-43(17-19-45)25-33(47)44-20-22-51-23-21-44/h6-15,24,34-35,42H,5,16-23,25H2,1-4H3/t34-,35+/m0/s1. The number of hydrogen-bond donors (Lipinski definition) is 1. The van der Waals surface area contributed by atoms with Crippen LogP contribution in [0.5, 0.6) is 5.75 Å². The number of rotatable bonds is 9. The molecule has 0 radical (unpaired) electrons. The fraction of sp³-hybridized carbons (Fsp3) is 0.447. The second-order valence-electron chi connectivity index (χ2n) is 14.3. The summed E-state index contributed by atoms with van der Waals surface area (Å²) in [6, 6.07) is 17.7. The maximum atomic E-state index is 15.0. The molecule has 53 heavy (non-hydrogen) atoms. The van der Waals surface area contributed by atoms with E-state index in [-0.39, 0.29) is 29.2 Å². The lowest BCUT2D eigenvalue weighted by atomic mass is 9.93. The summed E-state index contributed by atoms with van der Waals surface area (Å²) in [5.41, 5.74) is 1.22. The number of nitrogens with one attached hydrogen (secondary N) is 1. The van der Waals surface area contributed by atoms with Crippen molar-refractivity contribution in [3.63, 3.8) is 0 Å². The van der Waals surface area contributed by atoms with Crippen molar-refractivity contribution in [1.82, 2.24) is 24.3 Å². The van der Waals surface area contributed by atoms with Crippen molar-refractivity contribution in [2.75, 3.05) is 65.6 Å². The molecule has 0 unspecified atom stereocenters. The second-order valence-corrected chi connectivity index (χ2v) is 16.9. The maximum Gasteiger partial charge on any atom is 0.326 e. The van der Waals surface area contributed by atoms with Gasteiger partial charge in [0.25, 0.3) is 0 Å². The van der Waals surface area contributed by atoms with E-state index in [1.807, 2.05) is 36.1 Å². The van der Waals surface area contributed by atoms with Crippen LogP contribution in [0.1, 0.15) is 56.5 Å². The van der Waals surface area contributed by atoms with Crippen LogP contribution in [0.3, 0.4) is 0 Å². The minimum atomic E-state index is -3.97. The zero-order valence-electron chi connectivity index (χ0n) is 30.4. The Kier molecular flexibility index (Phi) is 12.0. The number of sulfonamides is 1. The number of morpholine rings is 1. The summed E-state index contributed by atoms with van der Waals surface area (Å²) >= 11 is 12.7. The van der Waals surface area contributed by atoms with Crippen molar-refractivity contribution < 1.29 is 27.5 Å². The zero-order chi connectivity index (χ0) is 37.9. The normalized spacial score (nSPS) is 20.0. The van der Waals surface area contributed by atoms with E-state index >= 15 is 4.79 Å². The first-order valence-corrected chi connectivity index (χ1v) is 20.0. The predicted molar refractivity (Wildman–Crippen MR) is 205 cm³/mol. The Morgan fingerprint density at radius 1 is 0.868 bits per heavy atom. The molecule has 12 nitrogen and oxygen atoms in total. The number of amidine groups is 1. The smallest absolute Gasteiger partial charge is 0.326 e. The number of benzene rings is 3. The van der Waals surface area contributed by atoms with Crippen molar-refractivity contribution in [2.24, 2.45) is 4.99 Å². The third kappa shape index (κ3) is 9.15. The number of hydrogen-bond acceptors (Lipinski definition) is 8. The van der Waals surface area contributed by atoms with Gasteiger partial charge in [-0.1, -0.05) is 47.5 Å². The molecule has 2 fully saturated rings. The number of urea groups is 1. The third-order valence-corrected chi connectivity index (χ3v) is 11.6. The van der Waals surface area contributed by atoms with Gasteiger partial charge in [0, 0.05) is 54.9 Å². The number of amides is 3. The van der Waals surface area contributed by atoms with Crippen LogP contribution in [0.4, 0.5) is 4.79 Å². The monoisotopic (exact) mass is 784 g/mol. The Hall–Kier alpha value is -3.72. The molecule has 0 aliphatic carbocycles. The molecule has 2 saturated heterocycles. The van der Waals surface area contributed by atoms with Gasteiger partial charge in [0.05, 0.1) is 42.9 Å². The second kappa shape index (κ2) is 16.3. The molecule has 3 aromatic carbocycles. The summed E-state index contributed by atoms with van der Waals surface area (Å²) in [4.78, 5) is 40.6. The molecule has 3 aliphatic rings. The van der Waals surface area contributed by atoms with Crippen molar-refractivity contribution in [1.29, 1.82) is 0 Å². The van der Waals surface area contributed by atoms with Crippen molar-refractivity contribution in [2.45, 2.75) is 50.2 Å². The zero-order valence-corrected chi connectivity index (χ0v) is 32.8. The van der Waals surface area contributed by atoms with Gasteiger partial charge in [0.2, 0.25) is 15.9 Å². The Balaban J connectivity index is 1.41. The van der Waals surface area contributed by atoms with Gasteiger partial charge in [-0.25, -0.2) is 17.9 Å². The van der Waals surface area contributed by atoms with Gasteiger partial charge in [-0.2, -0.15) is 0 Å². The first kappa shape index (κ1) is 39.0. The number of carbonyl (C=O) groups excluding carboxylic acids is 2. The summed E-state index contributed by atoms with van der Waals surface area (Å²) < 4.78 is 41.5. The molecule has 3 amide bonds. The van der Waals surface area contributed by atoms with Gasteiger partial charge in [-0.05, 0) is 81.3 Å². The highest BCUT2D eigenvalue weighted by molar-refractivity contribution is 7.89. The molecule has 3 aliphatic heterocycles. The lowest BCUT2D eigenvalue weighted by Gasteiger charge is -2.39. The summed E-state index contributed by atoms with van der Waals surface area (Å²) in [6.45, 7) is 11.7. The topological polar surface area (TPSA) is 124 Å². The number of nitrogens with zero attached hydrogens (tertiary/aromatic N) is 5. The molecule has 0 aromatic heterocycles. The summed E-state index contributed by atoms with van der Waals surface area (Å²) in [5, 5.41) is 1.10. The molecular weight excluding hydrogens is 739 g/mol. The predicted octanol–water partition coefficient (Wildman–Crippen LogP) is 5.61. The van der Waals surface area contributed by atoms with Crippen LogP contribution in [0.2, 0.25) is 10.0 Å². The van der Waals surface area contributed by atoms with E-state index in [9.17, 15) is 13.2 Å². The highest BCUT2D eigenvalue weighted by Gasteiger charge is 2.45. The van der Waals surface area contributed by atoms with Gasteiger partial charge in [-0.3, -0.25) is 19.6 Å². The van der Waals surface area contributed by atoms with Crippen LogP contribution in [0, 0.1) is 0 Å². The van der Waals surface area contributed by atoms with E-state index in [2.05, 4.69) is 9.62 Å². The van der Waals surface area contributed by atoms with E-state index in [0.717, 1.165) is 11.1 Å². The van der Waals surface area contributed by atoms with Crippen molar-refractivity contribution in [3.8, 4) is 5.75 Å². The first-order chi connectivity index (χ1) is 25.2. The Morgan fingerprint density at radius 3 is 2.06 bits per heavy atom. The molecule has 284 valence electrons. The fourth-order valence-corrected chi connectivity index (χ4v) is 8.50. The third-order valence-electron chi connectivity index (χ3n) is 9.30. The number of halogens is 2. The summed E-state index contributed by atoms with van der Waals surface area (Å²) in [7, 11) is -3.97. The van der Waals surface area contributed by atoms with E-state index in [4.69, 9.17) is 37.7 Å². The van der Waals surface area contributed by atoms with E-state index in [1.54, 1.807) is 60.9 Å². The molecular formula is C38H46Cl2N6O6S. The molecule has 15 heteroatoms. The molecule has 3 heterocycles. The SMILES string of the molecule is CCOc1ccc(S(=O)(=O)NC(C)(C)C)cc1C1=N[C@@H](c2ccc(Cl)cc2)[C@@H](c2ccc(Cl)cc2)N1C(=O)N1CCN(CC(=O)N2CCOCC2)CC1. The van der Waals surface area contributed by atoms with Crippen LogP contribution >= 0.6 is 23.2 Å². The Labute approximate surface area is 321 Å². The van der Waals surface area contributed by atoms with Gasteiger partial charge < -0.3 is 19.3 Å². The van der Waals surface area contributed by atoms with Crippen LogP contribution in [-0.2, 0) is 19.6 Å². The molecule has 0 saturated carbocycles. The van der Waals surface area contributed by atoms with Gasteiger partial charge in [0.1, 0.15) is 17.6 Å². The Bertz CT molecular complexity index is 1920. The molecule has 0 spiro atoms. The van der Waals surface area contributed by atoms with Crippen LogP contribution < -0.4 is 9.46 Å². The highest BCUT2D eigenvalue weighted by Crippen LogP contribution is 2.46. The minimum absolute atomic E-state index is 0.0116. The fourth-order valence-electron chi connectivity index (χ4n) is 6.80. The average molecular weight is 786 g/mol. The lowest BCUT2D eigenvalue weighted by Crippen LogP contribution is -2.56. The number of ether oxygens (including phenoxy) is 2. The molecule has 1 N–H and O–H groups in total. The van der Waals surface area contributed by atoms with Crippen LogP contribution in [0.25, 0.3) is 0 Å². The first-order valence-electron chi connectivity index (χ1n) is 17.8. The van der Waals surface area contributed by atoms with Crippen molar-refractivity contribution in [3.05, 3.63) is 93.5 Å². The van der Waals surface area contributed by atoms with Crippen LogP contribution in [0.15, 0.2) is 76.6 Å². The quantitative estimate of drug-likeness (QED) is 0.299. The maximum absolute atomic E-state index is 15.0. The molecule has 6 rings (SSSR count). The minimum Gasteiger partial charge on any atom is -0.493 e. The number of carbonyl (C=O) groups is 2. The summed E-state index contributed by atoms with van der Waals surface area (Å²) in [5.74, 6) is 0.711. The van der Waals surface area contributed by atoms with E-state index in [0.29, 0.717) is 80.4 Å². The summed E-state index contributed by atoms with van der Waals surface area (Å²) in [6.07, 6.45) is 0. The van der Waals surface area contributed by atoms with E-state index in [1.165, 1.54) is 12.1 Å². The Morgan fingerprint density at radius 2 is 1.47 bits per heavy atom. The highest BCUT2D eigenvalue weighted by atomic mass is 35.5. The number of piperazine rings is 1. The van der Waals surface area contributed by atoms with E-state index < -0.39 is 27.6 Å². The molecule has 0 bridgehead atoms.